The minimum Gasteiger partial charge on any atom is -0.478 e. The predicted molar refractivity (Wildman–Crippen MR) is 61.5 cm³/mol. The Balaban J connectivity index is 2.83. The maximum atomic E-state index is 10.7. The van der Waals surface area contributed by atoms with Crippen molar-refractivity contribution >= 4 is 12.0 Å². The van der Waals surface area contributed by atoms with Crippen LogP contribution in [0.15, 0.2) is 47.6 Å². The Morgan fingerprint density at radius 3 is 2.33 bits per heavy atom. The van der Waals surface area contributed by atoms with Gasteiger partial charge in [-0.3, -0.25) is 0 Å². The van der Waals surface area contributed by atoms with E-state index in [2.05, 4.69) is 0 Å². The Bertz CT molecular complexity index is 400. The van der Waals surface area contributed by atoms with Crippen molar-refractivity contribution in [2.45, 2.75) is 13.8 Å². The molecule has 0 aromatic heterocycles. The Hall–Kier alpha value is -1.83. The van der Waals surface area contributed by atoms with Crippen LogP contribution in [-0.4, -0.2) is 11.1 Å². The third-order valence-electron chi connectivity index (χ3n) is 2.24. The summed E-state index contributed by atoms with van der Waals surface area (Å²) >= 11 is 0. The highest BCUT2D eigenvalue weighted by Gasteiger charge is 2.01. The number of benzene rings is 1. The number of aliphatic carboxylic acids is 1. The fourth-order valence-electron chi connectivity index (χ4n) is 1.08. The predicted octanol–water partition coefficient (Wildman–Crippen LogP) is 3.12. The van der Waals surface area contributed by atoms with E-state index in [1.54, 1.807) is 13.8 Å². The molecule has 15 heavy (non-hydrogen) atoms. The molecule has 0 heterocycles. The highest BCUT2D eigenvalue weighted by molar-refractivity contribution is 5.87. The monoisotopic (exact) mass is 202 g/mol. The van der Waals surface area contributed by atoms with E-state index in [0.717, 1.165) is 11.1 Å². The van der Waals surface area contributed by atoms with Crippen molar-refractivity contribution in [3.8, 4) is 0 Å². The molecule has 0 atom stereocenters. The normalized spacial score (nSPS) is 12.7. The summed E-state index contributed by atoms with van der Waals surface area (Å²) in [5.74, 6) is -0.870. The van der Waals surface area contributed by atoms with Crippen LogP contribution in [0.4, 0.5) is 0 Å². The molecule has 0 fully saturated rings. The van der Waals surface area contributed by atoms with Gasteiger partial charge in [-0.25, -0.2) is 4.79 Å². The number of carbonyl (C=O) groups is 1. The van der Waals surface area contributed by atoms with Gasteiger partial charge in [0, 0.05) is 5.57 Å². The van der Waals surface area contributed by atoms with Crippen LogP contribution in [0.2, 0.25) is 0 Å². The molecule has 0 aliphatic carbocycles. The number of rotatable bonds is 3. The molecule has 0 bridgehead atoms. The molecule has 0 spiro atoms. The number of hydrogen-bond acceptors (Lipinski definition) is 1. The molecule has 0 saturated heterocycles. The van der Waals surface area contributed by atoms with Crippen molar-refractivity contribution in [3.05, 3.63) is 53.1 Å². The van der Waals surface area contributed by atoms with Crippen LogP contribution >= 0.6 is 0 Å². The first-order valence-electron chi connectivity index (χ1n) is 4.75. The summed E-state index contributed by atoms with van der Waals surface area (Å²) in [7, 11) is 0. The maximum absolute atomic E-state index is 10.7. The Kier molecular flexibility index (Phi) is 3.86. The van der Waals surface area contributed by atoms with Gasteiger partial charge in [0.15, 0.2) is 0 Å². The molecule has 1 aromatic rings. The molecular formula is C13H14O2. The van der Waals surface area contributed by atoms with Gasteiger partial charge in [-0.05, 0) is 25.0 Å². The lowest BCUT2D eigenvalue weighted by Gasteiger charge is -1.97. The average Bonchev–Trinajstić information content (AvgIpc) is 2.26. The molecule has 0 aliphatic rings. The van der Waals surface area contributed by atoms with Gasteiger partial charge in [0.2, 0.25) is 0 Å². The second-order valence-corrected chi connectivity index (χ2v) is 3.36. The van der Waals surface area contributed by atoms with Crippen LogP contribution in [0, 0.1) is 0 Å². The largest absolute Gasteiger partial charge is 0.478 e. The van der Waals surface area contributed by atoms with E-state index in [-0.39, 0.29) is 0 Å². The average molecular weight is 202 g/mol. The first-order chi connectivity index (χ1) is 7.11. The molecule has 1 aromatic carbocycles. The lowest BCUT2D eigenvalue weighted by Crippen LogP contribution is -1.97. The molecule has 0 amide bonds. The molecule has 1 N–H and O–H groups in total. The smallest absolute Gasteiger partial charge is 0.331 e. The van der Waals surface area contributed by atoms with E-state index in [1.807, 2.05) is 42.5 Å². The van der Waals surface area contributed by atoms with Crippen LogP contribution in [0.3, 0.4) is 0 Å². The summed E-state index contributed by atoms with van der Waals surface area (Å²) < 4.78 is 0. The molecule has 2 heteroatoms. The van der Waals surface area contributed by atoms with Crippen LogP contribution in [0.5, 0.6) is 0 Å². The van der Waals surface area contributed by atoms with Gasteiger partial charge in [-0.15, -0.1) is 0 Å². The Labute approximate surface area is 89.6 Å². The summed E-state index contributed by atoms with van der Waals surface area (Å²) in [5.41, 5.74) is 2.21. The summed E-state index contributed by atoms with van der Waals surface area (Å²) in [6, 6.07) is 9.79. The van der Waals surface area contributed by atoms with Crippen LogP contribution in [0.25, 0.3) is 6.08 Å². The van der Waals surface area contributed by atoms with Crippen molar-refractivity contribution in [1.29, 1.82) is 0 Å². The zero-order valence-electron chi connectivity index (χ0n) is 8.90. The lowest BCUT2D eigenvalue weighted by atomic mass is 10.1. The summed E-state index contributed by atoms with van der Waals surface area (Å²) in [6.45, 7) is 3.40. The highest BCUT2D eigenvalue weighted by Crippen LogP contribution is 2.08. The lowest BCUT2D eigenvalue weighted by molar-refractivity contribution is -0.132. The van der Waals surface area contributed by atoms with Gasteiger partial charge in [0.1, 0.15) is 0 Å². The highest BCUT2D eigenvalue weighted by atomic mass is 16.4. The molecule has 0 unspecified atom stereocenters. The minimum absolute atomic E-state index is 0.377. The van der Waals surface area contributed by atoms with E-state index in [0.29, 0.717) is 5.57 Å². The minimum atomic E-state index is -0.870. The second kappa shape index (κ2) is 5.15. The fourth-order valence-corrected chi connectivity index (χ4v) is 1.08. The molecule has 1 rings (SSSR count). The Morgan fingerprint density at radius 2 is 1.80 bits per heavy atom. The molecule has 0 saturated carbocycles. The number of carboxylic acids is 1. The zero-order valence-corrected chi connectivity index (χ0v) is 8.90. The summed E-state index contributed by atoms with van der Waals surface area (Å²) in [5, 5.41) is 8.76. The number of carboxylic acid groups (broad SMARTS) is 1. The van der Waals surface area contributed by atoms with Gasteiger partial charge in [0.25, 0.3) is 0 Å². The van der Waals surface area contributed by atoms with Gasteiger partial charge in [0.05, 0.1) is 0 Å². The topological polar surface area (TPSA) is 37.3 Å². The van der Waals surface area contributed by atoms with Gasteiger partial charge < -0.3 is 5.11 Å². The third-order valence-corrected chi connectivity index (χ3v) is 2.24. The summed E-state index contributed by atoms with van der Waals surface area (Å²) in [6.07, 6.45) is 3.72. The van der Waals surface area contributed by atoms with Crippen molar-refractivity contribution in [2.24, 2.45) is 0 Å². The zero-order chi connectivity index (χ0) is 11.3. The van der Waals surface area contributed by atoms with Crippen molar-refractivity contribution in [2.75, 3.05) is 0 Å². The van der Waals surface area contributed by atoms with E-state index in [1.165, 1.54) is 0 Å². The van der Waals surface area contributed by atoms with Crippen LogP contribution < -0.4 is 0 Å². The third kappa shape index (κ3) is 3.43. The van der Waals surface area contributed by atoms with E-state index < -0.39 is 5.97 Å². The van der Waals surface area contributed by atoms with Crippen LogP contribution in [0.1, 0.15) is 19.4 Å². The SMILES string of the molecule is CC(C=Cc1ccccc1)=C(C)C(=O)O. The van der Waals surface area contributed by atoms with E-state index in [4.69, 9.17) is 5.11 Å². The van der Waals surface area contributed by atoms with Gasteiger partial charge in [-0.2, -0.15) is 0 Å². The van der Waals surface area contributed by atoms with Gasteiger partial charge >= 0.3 is 5.97 Å². The first kappa shape index (κ1) is 11.2. The Morgan fingerprint density at radius 1 is 1.20 bits per heavy atom. The molecule has 78 valence electrons. The standard InChI is InChI=1S/C13H14O2/c1-10(11(2)13(14)15)8-9-12-6-4-3-5-7-12/h3-9H,1-2H3,(H,14,15). The number of hydrogen-bond donors (Lipinski definition) is 1. The van der Waals surface area contributed by atoms with Crippen molar-refractivity contribution in [3.63, 3.8) is 0 Å². The van der Waals surface area contributed by atoms with E-state index in [9.17, 15) is 4.79 Å². The van der Waals surface area contributed by atoms with Crippen LogP contribution in [-0.2, 0) is 4.79 Å². The van der Waals surface area contributed by atoms with Crippen molar-refractivity contribution < 1.29 is 9.90 Å². The quantitative estimate of drug-likeness (QED) is 0.604. The first-order valence-corrected chi connectivity index (χ1v) is 4.75. The fraction of sp³-hybridized carbons (Fsp3) is 0.154. The maximum Gasteiger partial charge on any atom is 0.331 e. The number of allylic oxidation sites excluding steroid dienone is 2. The second-order valence-electron chi connectivity index (χ2n) is 3.36. The molecule has 0 aliphatic heterocycles. The molecular weight excluding hydrogens is 188 g/mol. The molecule has 2 nitrogen and oxygen atoms in total. The van der Waals surface area contributed by atoms with Crippen molar-refractivity contribution in [1.82, 2.24) is 0 Å². The van der Waals surface area contributed by atoms with E-state index >= 15 is 0 Å². The molecule has 0 radical (unpaired) electrons. The van der Waals surface area contributed by atoms with Gasteiger partial charge in [-0.1, -0.05) is 42.5 Å². The summed E-state index contributed by atoms with van der Waals surface area (Å²) in [4.78, 5) is 10.7.